The Morgan fingerprint density at radius 2 is 2.04 bits per heavy atom. The first kappa shape index (κ1) is 19.7. The second-order valence-corrected chi connectivity index (χ2v) is 6.20. The number of ether oxygens (including phenoxy) is 1. The Labute approximate surface area is 158 Å². The van der Waals surface area contributed by atoms with Crippen molar-refractivity contribution < 1.29 is 32.6 Å². The minimum Gasteiger partial charge on any atom is -0.497 e. The highest BCUT2D eigenvalue weighted by Gasteiger charge is 2.60. The zero-order valence-corrected chi connectivity index (χ0v) is 14.8. The first-order valence-corrected chi connectivity index (χ1v) is 8.27. The van der Waals surface area contributed by atoms with Gasteiger partial charge in [-0.15, -0.1) is 0 Å². The van der Waals surface area contributed by atoms with E-state index in [0.717, 1.165) is 0 Å². The summed E-state index contributed by atoms with van der Waals surface area (Å²) in [6.07, 6.45) is -5.77. The van der Waals surface area contributed by atoms with Gasteiger partial charge in [-0.2, -0.15) is 13.2 Å². The summed E-state index contributed by atoms with van der Waals surface area (Å²) in [6.45, 7) is 0.154. The molecular formula is C19H17F3N2O4. The molecule has 0 spiro atoms. The van der Waals surface area contributed by atoms with Gasteiger partial charge in [0, 0.05) is 12.1 Å². The highest BCUT2D eigenvalue weighted by molar-refractivity contribution is 6.01. The van der Waals surface area contributed by atoms with Crippen LogP contribution in [0.5, 0.6) is 5.75 Å². The highest BCUT2D eigenvalue weighted by atomic mass is 19.4. The molecule has 1 atom stereocenters. The van der Waals surface area contributed by atoms with Gasteiger partial charge in [0.2, 0.25) is 0 Å². The normalized spacial score (nSPS) is 19.0. The van der Waals surface area contributed by atoms with Crippen LogP contribution in [-0.2, 0) is 11.4 Å². The maximum atomic E-state index is 12.8. The van der Waals surface area contributed by atoms with E-state index < -0.39 is 18.4 Å². The van der Waals surface area contributed by atoms with Crippen molar-refractivity contribution in [3.8, 4) is 5.75 Å². The lowest BCUT2D eigenvalue weighted by Gasteiger charge is -2.22. The maximum absolute atomic E-state index is 12.8. The van der Waals surface area contributed by atoms with E-state index in [0.29, 0.717) is 22.4 Å². The predicted molar refractivity (Wildman–Crippen MR) is 93.9 cm³/mol. The number of carbonyl (C=O) groups is 1. The Balaban J connectivity index is 1.67. The maximum Gasteiger partial charge on any atom is 0.458 e. The van der Waals surface area contributed by atoms with Crippen molar-refractivity contribution in [3.05, 3.63) is 65.2 Å². The van der Waals surface area contributed by atoms with E-state index in [1.807, 2.05) is 0 Å². The number of methoxy groups -OCH3 is 1. The van der Waals surface area contributed by atoms with Gasteiger partial charge in [0.05, 0.1) is 19.2 Å². The minimum absolute atomic E-state index is 0.0270. The number of nitrogens with one attached hydrogen (secondary N) is 1. The average molecular weight is 394 g/mol. The van der Waals surface area contributed by atoms with Crippen LogP contribution in [0.3, 0.4) is 0 Å². The van der Waals surface area contributed by atoms with Crippen LogP contribution in [0, 0.1) is 0 Å². The standard InChI is InChI=1S/C19H17F3N2O4/c1-27-15-7-3-6-14(9-15)17(25)23-11-12-4-2-5-13(8-12)16-10-18(26,28-24-16)19(20,21)22/h2-9,26H,10-11H2,1H3,(H,23,25). The van der Waals surface area contributed by atoms with Gasteiger partial charge >= 0.3 is 12.0 Å². The second kappa shape index (κ2) is 7.51. The van der Waals surface area contributed by atoms with E-state index in [1.165, 1.54) is 7.11 Å². The quantitative estimate of drug-likeness (QED) is 0.817. The fourth-order valence-corrected chi connectivity index (χ4v) is 2.64. The fourth-order valence-electron chi connectivity index (χ4n) is 2.64. The van der Waals surface area contributed by atoms with Crippen LogP contribution in [0.1, 0.15) is 27.9 Å². The summed E-state index contributed by atoms with van der Waals surface area (Å²) in [5.74, 6) is -3.10. The number of benzene rings is 2. The molecule has 1 aliphatic rings. The van der Waals surface area contributed by atoms with Gasteiger partial charge in [-0.05, 0) is 35.4 Å². The van der Waals surface area contributed by atoms with E-state index in [-0.39, 0.29) is 18.2 Å². The summed E-state index contributed by atoms with van der Waals surface area (Å²) in [7, 11) is 1.50. The molecule has 2 N–H and O–H groups in total. The predicted octanol–water partition coefficient (Wildman–Crippen LogP) is 3.00. The molecule has 1 amide bonds. The molecule has 0 radical (unpaired) electrons. The number of nitrogens with zero attached hydrogens (tertiary/aromatic N) is 1. The van der Waals surface area contributed by atoms with Gasteiger partial charge in [-0.25, -0.2) is 0 Å². The van der Waals surface area contributed by atoms with Gasteiger partial charge in [-0.1, -0.05) is 29.4 Å². The van der Waals surface area contributed by atoms with E-state index in [2.05, 4.69) is 15.3 Å². The van der Waals surface area contributed by atoms with Crippen molar-refractivity contribution in [2.24, 2.45) is 5.16 Å². The van der Waals surface area contributed by atoms with Crippen molar-refractivity contribution >= 4 is 11.6 Å². The molecule has 2 aromatic carbocycles. The number of alkyl halides is 3. The van der Waals surface area contributed by atoms with Gasteiger partial charge in [0.15, 0.2) is 0 Å². The molecule has 1 heterocycles. The molecule has 0 saturated heterocycles. The molecule has 0 saturated carbocycles. The van der Waals surface area contributed by atoms with E-state index in [9.17, 15) is 23.1 Å². The van der Waals surface area contributed by atoms with E-state index in [4.69, 9.17) is 4.74 Å². The molecule has 9 heteroatoms. The molecule has 0 aromatic heterocycles. The number of amides is 1. The number of hydrogen-bond acceptors (Lipinski definition) is 5. The third kappa shape index (κ3) is 4.09. The smallest absolute Gasteiger partial charge is 0.458 e. The average Bonchev–Trinajstić information content (AvgIpc) is 3.10. The Bertz CT molecular complexity index is 914. The van der Waals surface area contributed by atoms with Gasteiger partial charge < -0.3 is 20.0 Å². The minimum atomic E-state index is -4.96. The van der Waals surface area contributed by atoms with Crippen LogP contribution in [0.15, 0.2) is 53.7 Å². The third-order valence-electron chi connectivity index (χ3n) is 4.20. The fraction of sp³-hybridized carbons (Fsp3) is 0.263. The van der Waals surface area contributed by atoms with Crippen molar-refractivity contribution in [3.63, 3.8) is 0 Å². The lowest BCUT2D eigenvalue weighted by molar-refractivity contribution is -0.355. The number of halogens is 3. The summed E-state index contributed by atoms with van der Waals surface area (Å²) in [4.78, 5) is 16.5. The van der Waals surface area contributed by atoms with Gasteiger partial charge in [0.1, 0.15) is 5.75 Å². The summed E-state index contributed by atoms with van der Waals surface area (Å²) in [5.41, 5.74) is 1.41. The molecule has 148 valence electrons. The Morgan fingerprint density at radius 1 is 1.29 bits per heavy atom. The Kier molecular flexibility index (Phi) is 5.28. The van der Waals surface area contributed by atoms with Crippen molar-refractivity contribution in [1.29, 1.82) is 0 Å². The summed E-state index contributed by atoms with van der Waals surface area (Å²) < 4.78 is 43.6. The molecule has 3 rings (SSSR count). The molecule has 6 nitrogen and oxygen atoms in total. The molecule has 2 aromatic rings. The van der Waals surface area contributed by atoms with Gasteiger partial charge in [0.25, 0.3) is 5.91 Å². The summed E-state index contributed by atoms with van der Waals surface area (Å²) in [5, 5.41) is 15.6. The lowest BCUT2D eigenvalue weighted by Crippen LogP contribution is -2.45. The topological polar surface area (TPSA) is 80.2 Å². The molecule has 0 aliphatic carbocycles. The Morgan fingerprint density at radius 3 is 2.71 bits per heavy atom. The highest BCUT2D eigenvalue weighted by Crippen LogP contribution is 2.38. The zero-order valence-electron chi connectivity index (χ0n) is 14.8. The number of aliphatic hydroxyl groups is 1. The number of oxime groups is 1. The number of rotatable bonds is 5. The van der Waals surface area contributed by atoms with E-state index in [1.54, 1.807) is 48.5 Å². The number of carbonyl (C=O) groups excluding carboxylic acids is 1. The van der Waals surface area contributed by atoms with Crippen LogP contribution >= 0.6 is 0 Å². The molecule has 0 fully saturated rings. The van der Waals surface area contributed by atoms with Gasteiger partial charge in [-0.3, -0.25) is 4.79 Å². The molecular weight excluding hydrogens is 377 g/mol. The molecule has 0 bridgehead atoms. The second-order valence-electron chi connectivity index (χ2n) is 6.20. The van der Waals surface area contributed by atoms with Crippen LogP contribution in [0.25, 0.3) is 0 Å². The molecule has 1 unspecified atom stereocenters. The summed E-state index contributed by atoms with van der Waals surface area (Å²) >= 11 is 0. The number of hydrogen-bond donors (Lipinski definition) is 2. The lowest BCUT2D eigenvalue weighted by atomic mass is 10.0. The van der Waals surface area contributed by atoms with Crippen molar-refractivity contribution in [2.45, 2.75) is 24.9 Å². The van der Waals surface area contributed by atoms with Crippen LogP contribution < -0.4 is 10.1 Å². The first-order chi connectivity index (χ1) is 13.2. The first-order valence-electron chi connectivity index (χ1n) is 8.27. The van der Waals surface area contributed by atoms with Crippen LogP contribution in [-0.4, -0.2) is 35.8 Å². The molecule has 28 heavy (non-hydrogen) atoms. The van der Waals surface area contributed by atoms with E-state index >= 15 is 0 Å². The van der Waals surface area contributed by atoms with Crippen molar-refractivity contribution in [2.75, 3.05) is 7.11 Å². The largest absolute Gasteiger partial charge is 0.497 e. The van der Waals surface area contributed by atoms with Crippen LogP contribution in [0.4, 0.5) is 13.2 Å². The Hall–Kier alpha value is -3.07. The molecule has 1 aliphatic heterocycles. The third-order valence-corrected chi connectivity index (χ3v) is 4.20. The SMILES string of the molecule is COc1cccc(C(=O)NCc2cccc(C3=NOC(O)(C(F)(F)F)C3)c2)c1. The van der Waals surface area contributed by atoms with Crippen LogP contribution in [0.2, 0.25) is 0 Å². The summed E-state index contributed by atoms with van der Waals surface area (Å²) in [6, 6.07) is 13.1. The zero-order chi connectivity index (χ0) is 20.4. The van der Waals surface area contributed by atoms with Crippen molar-refractivity contribution in [1.82, 2.24) is 5.32 Å². The monoisotopic (exact) mass is 394 g/mol.